The summed E-state index contributed by atoms with van der Waals surface area (Å²) in [5.74, 6) is 0. The summed E-state index contributed by atoms with van der Waals surface area (Å²) in [5.41, 5.74) is 4.60. The van der Waals surface area contributed by atoms with Crippen molar-refractivity contribution in [1.29, 1.82) is 0 Å². The van der Waals surface area contributed by atoms with Crippen LogP contribution in [0.4, 0.5) is 10.5 Å². The van der Waals surface area contributed by atoms with E-state index in [2.05, 4.69) is 21.1 Å². The monoisotopic (exact) mass is 461 g/mol. The molecule has 3 aliphatic rings. The maximum absolute atomic E-state index is 12.8. The number of sulfonamides is 1. The van der Waals surface area contributed by atoms with Crippen LogP contribution in [-0.2, 0) is 41.3 Å². The fourth-order valence-corrected chi connectivity index (χ4v) is 7.45. The maximum atomic E-state index is 12.8. The lowest BCUT2D eigenvalue weighted by atomic mass is 9.84. The third kappa shape index (κ3) is 3.87. The van der Waals surface area contributed by atoms with Gasteiger partial charge in [0, 0.05) is 11.9 Å². The van der Waals surface area contributed by atoms with Crippen LogP contribution in [0, 0.1) is 0 Å². The molecule has 1 aromatic heterocycles. The van der Waals surface area contributed by atoms with Gasteiger partial charge in [-0.15, -0.1) is 11.3 Å². The molecule has 9 heteroatoms. The number of rotatable bonds is 4. The van der Waals surface area contributed by atoms with Gasteiger partial charge in [-0.3, -0.25) is 0 Å². The van der Waals surface area contributed by atoms with Crippen molar-refractivity contribution in [2.45, 2.75) is 80.6 Å². The summed E-state index contributed by atoms with van der Waals surface area (Å²) in [5, 5.41) is 13.7. The molecule has 7 nitrogen and oxygen atoms in total. The molecule has 0 bridgehead atoms. The van der Waals surface area contributed by atoms with Crippen LogP contribution in [0.3, 0.4) is 0 Å². The molecule has 0 aliphatic heterocycles. The van der Waals surface area contributed by atoms with Crippen LogP contribution in [0.25, 0.3) is 0 Å². The number of nitrogens with one attached hydrogen (secondary N) is 2. The first kappa shape index (κ1) is 20.9. The number of aromatic nitrogens is 1. The smallest absolute Gasteiger partial charge is 0.333 e. The van der Waals surface area contributed by atoms with Crippen molar-refractivity contribution in [3.8, 4) is 0 Å². The second-order valence-electron chi connectivity index (χ2n) is 8.88. The van der Waals surface area contributed by atoms with Crippen molar-refractivity contribution >= 4 is 33.1 Å². The lowest BCUT2D eigenvalue weighted by Crippen LogP contribution is -2.35. The van der Waals surface area contributed by atoms with Crippen LogP contribution >= 0.6 is 11.3 Å². The Bertz CT molecular complexity index is 1100. The number of carbonyl (C=O) groups is 1. The molecule has 0 saturated heterocycles. The first-order valence-electron chi connectivity index (χ1n) is 11.0. The number of nitrogens with zero attached hydrogens (tertiary/aromatic N) is 1. The highest BCUT2D eigenvalue weighted by Gasteiger charge is 2.35. The van der Waals surface area contributed by atoms with E-state index in [9.17, 15) is 18.3 Å². The number of aryl methyl sites for hydroxylation is 2. The molecule has 1 heterocycles. The predicted molar refractivity (Wildman–Crippen MR) is 119 cm³/mol. The van der Waals surface area contributed by atoms with Gasteiger partial charge in [-0.25, -0.2) is 14.5 Å². The number of carbonyl (C=O) groups excluding carboxylic acids is 1. The van der Waals surface area contributed by atoms with E-state index in [-0.39, 0.29) is 4.34 Å². The number of anilines is 1. The standard InChI is InChI=1S/C22H27N3O4S2/c26-20(24-19-16-8-4-6-14(16)12-15-7-5-9-17(15)19)25-31(28,29)21-23-13-18(30-21)22(27)10-2-1-3-11-22/h12-13,27H,1-11H2,(H2,24,25,26). The summed E-state index contributed by atoms with van der Waals surface area (Å²) in [6.07, 6.45) is 11.4. The number of urea groups is 1. The molecule has 1 fully saturated rings. The van der Waals surface area contributed by atoms with Gasteiger partial charge >= 0.3 is 6.03 Å². The first-order valence-corrected chi connectivity index (χ1v) is 13.3. The topological polar surface area (TPSA) is 108 Å². The van der Waals surface area contributed by atoms with Gasteiger partial charge in [0.2, 0.25) is 4.34 Å². The summed E-state index contributed by atoms with van der Waals surface area (Å²) < 4.78 is 27.5. The normalized spacial score (nSPS) is 19.6. The SMILES string of the molecule is O=C(Nc1c2c(cc3c1CCC3)CCC2)NS(=O)(=O)c1ncc(C2(O)CCCCC2)s1. The van der Waals surface area contributed by atoms with Crippen molar-refractivity contribution in [1.82, 2.24) is 9.71 Å². The van der Waals surface area contributed by atoms with Crippen LogP contribution in [0.2, 0.25) is 0 Å². The van der Waals surface area contributed by atoms with E-state index in [0.717, 1.165) is 85.9 Å². The molecule has 1 aromatic carbocycles. The first-order chi connectivity index (χ1) is 14.9. The van der Waals surface area contributed by atoms with Gasteiger partial charge in [-0.05, 0) is 73.6 Å². The van der Waals surface area contributed by atoms with Gasteiger partial charge in [-0.1, -0.05) is 25.3 Å². The molecule has 2 amide bonds. The number of amides is 2. The minimum Gasteiger partial charge on any atom is -0.384 e. The molecule has 0 atom stereocenters. The van der Waals surface area contributed by atoms with E-state index in [4.69, 9.17) is 0 Å². The molecular formula is C22H27N3O4S2. The molecule has 1 saturated carbocycles. The molecule has 31 heavy (non-hydrogen) atoms. The number of hydrogen-bond acceptors (Lipinski definition) is 6. The summed E-state index contributed by atoms with van der Waals surface area (Å²) >= 11 is 0.942. The number of thiazole rings is 1. The Balaban J connectivity index is 1.35. The zero-order chi connectivity index (χ0) is 21.6. The van der Waals surface area contributed by atoms with Crippen molar-refractivity contribution < 1.29 is 18.3 Å². The lowest BCUT2D eigenvalue weighted by Gasteiger charge is -2.30. The Morgan fingerprint density at radius 1 is 1.00 bits per heavy atom. The van der Waals surface area contributed by atoms with Crippen molar-refractivity contribution in [3.63, 3.8) is 0 Å². The van der Waals surface area contributed by atoms with Crippen LogP contribution in [0.1, 0.15) is 72.1 Å². The Kier molecular flexibility index (Phi) is 5.30. The van der Waals surface area contributed by atoms with Crippen molar-refractivity contribution in [2.24, 2.45) is 0 Å². The fraction of sp³-hybridized carbons (Fsp3) is 0.545. The van der Waals surface area contributed by atoms with E-state index in [1.54, 1.807) is 0 Å². The quantitative estimate of drug-likeness (QED) is 0.642. The third-order valence-corrected chi connectivity index (χ3v) is 9.71. The average molecular weight is 462 g/mol. The molecular weight excluding hydrogens is 434 g/mol. The molecule has 2 aromatic rings. The van der Waals surface area contributed by atoms with E-state index >= 15 is 0 Å². The van der Waals surface area contributed by atoms with Crippen LogP contribution in [-0.4, -0.2) is 24.5 Å². The van der Waals surface area contributed by atoms with Crippen LogP contribution in [0.15, 0.2) is 16.6 Å². The summed E-state index contributed by atoms with van der Waals surface area (Å²) in [6, 6.07) is 1.50. The number of fused-ring (bicyclic) bond motifs is 2. The van der Waals surface area contributed by atoms with E-state index in [1.807, 2.05) is 0 Å². The highest BCUT2D eigenvalue weighted by atomic mass is 32.2. The zero-order valence-electron chi connectivity index (χ0n) is 17.4. The second kappa shape index (κ2) is 7.86. The summed E-state index contributed by atoms with van der Waals surface area (Å²) in [7, 11) is -4.12. The summed E-state index contributed by atoms with van der Waals surface area (Å²) in [4.78, 5) is 17.3. The third-order valence-electron chi connectivity index (χ3n) is 6.79. The van der Waals surface area contributed by atoms with Crippen molar-refractivity contribution in [3.05, 3.63) is 39.4 Å². The number of benzene rings is 1. The van der Waals surface area contributed by atoms with Gasteiger partial charge in [0.1, 0.15) is 5.60 Å². The van der Waals surface area contributed by atoms with E-state index < -0.39 is 21.7 Å². The molecule has 3 aliphatic carbocycles. The van der Waals surface area contributed by atoms with E-state index in [1.165, 1.54) is 17.3 Å². The lowest BCUT2D eigenvalue weighted by molar-refractivity contribution is 0.00264. The molecule has 166 valence electrons. The number of aliphatic hydroxyl groups is 1. The van der Waals surface area contributed by atoms with Gasteiger partial charge in [0.15, 0.2) is 0 Å². The van der Waals surface area contributed by atoms with E-state index in [0.29, 0.717) is 17.7 Å². The van der Waals surface area contributed by atoms with Crippen LogP contribution in [0.5, 0.6) is 0 Å². The minimum atomic E-state index is -4.12. The second-order valence-corrected chi connectivity index (χ2v) is 11.8. The molecule has 5 rings (SSSR count). The molecule has 0 radical (unpaired) electrons. The zero-order valence-corrected chi connectivity index (χ0v) is 19.0. The van der Waals surface area contributed by atoms with Gasteiger partial charge in [-0.2, -0.15) is 8.42 Å². The fourth-order valence-electron chi connectivity index (χ4n) is 5.25. The average Bonchev–Trinajstić information content (AvgIpc) is 3.48. The predicted octanol–water partition coefficient (Wildman–Crippen LogP) is 3.78. The van der Waals surface area contributed by atoms with Crippen LogP contribution < -0.4 is 10.0 Å². The highest BCUT2D eigenvalue weighted by molar-refractivity contribution is 7.92. The Hall–Kier alpha value is -1.97. The number of hydrogen-bond donors (Lipinski definition) is 3. The minimum absolute atomic E-state index is 0.194. The van der Waals surface area contributed by atoms with Gasteiger partial charge < -0.3 is 10.4 Å². The summed E-state index contributed by atoms with van der Waals surface area (Å²) in [6.45, 7) is 0. The highest BCUT2D eigenvalue weighted by Crippen LogP contribution is 2.40. The molecule has 3 N–H and O–H groups in total. The Morgan fingerprint density at radius 2 is 1.65 bits per heavy atom. The molecule has 0 unspecified atom stereocenters. The largest absolute Gasteiger partial charge is 0.384 e. The maximum Gasteiger partial charge on any atom is 0.333 e. The molecule has 0 spiro atoms. The van der Waals surface area contributed by atoms with Gasteiger partial charge in [0.25, 0.3) is 10.0 Å². The van der Waals surface area contributed by atoms with Gasteiger partial charge in [0.05, 0.1) is 4.88 Å². The Morgan fingerprint density at radius 3 is 2.29 bits per heavy atom. The van der Waals surface area contributed by atoms with Crippen molar-refractivity contribution in [2.75, 3.05) is 5.32 Å². The Labute approximate surface area is 186 Å².